The van der Waals surface area contributed by atoms with Crippen molar-refractivity contribution in [3.8, 4) is 0 Å². The van der Waals surface area contributed by atoms with E-state index in [-0.39, 0.29) is 22.4 Å². The van der Waals surface area contributed by atoms with Gasteiger partial charge < -0.3 is 14.8 Å². The van der Waals surface area contributed by atoms with Crippen molar-refractivity contribution >= 4 is 5.91 Å². The third-order valence-corrected chi connectivity index (χ3v) is 6.36. The van der Waals surface area contributed by atoms with Crippen LogP contribution in [0, 0.1) is 12.3 Å². The van der Waals surface area contributed by atoms with Gasteiger partial charge in [0.25, 0.3) is 11.5 Å². The number of aromatic nitrogens is 2. The second-order valence-electron chi connectivity index (χ2n) is 8.51. The van der Waals surface area contributed by atoms with E-state index in [0.29, 0.717) is 24.8 Å². The van der Waals surface area contributed by atoms with E-state index in [4.69, 9.17) is 0 Å². The first kappa shape index (κ1) is 18.9. The maximum absolute atomic E-state index is 12.8. The van der Waals surface area contributed by atoms with Crippen LogP contribution in [0.5, 0.6) is 0 Å². The summed E-state index contributed by atoms with van der Waals surface area (Å²) in [6.07, 6.45) is 4.52. The number of hydrogen-bond donors (Lipinski definition) is 1. The third-order valence-electron chi connectivity index (χ3n) is 6.36. The van der Waals surface area contributed by atoms with Crippen molar-refractivity contribution in [1.29, 1.82) is 0 Å². The fourth-order valence-electron chi connectivity index (χ4n) is 4.97. The lowest BCUT2D eigenvalue weighted by atomic mass is 9.68. The van der Waals surface area contributed by atoms with Crippen molar-refractivity contribution in [2.45, 2.75) is 32.1 Å². The standard InChI is InChI=1S/C22H28N4O2/c1-16-23-13-19(20(27)24-16)21(28)26-10-8-22(9-11-26)12-18(14-25(2)15-22)17-6-4-3-5-7-17/h3-7,13,18H,8-12,14-15H2,1-2H3,(H,23,24,27)/t18-/m1/s1. The average molecular weight is 380 g/mol. The van der Waals surface area contributed by atoms with E-state index in [0.717, 1.165) is 32.4 Å². The summed E-state index contributed by atoms with van der Waals surface area (Å²) in [5.41, 5.74) is 1.44. The number of likely N-dealkylation sites (N-methyl/N-ethyl adjacent to an activating group) is 1. The molecule has 0 radical (unpaired) electrons. The number of amides is 1. The van der Waals surface area contributed by atoms with Crippen LogP contribution in [0.2, 0.25) is 0 Å². The highest BCUT2D eigenvalue weighted by atomic mass is 16.2. The lowest BCUT2D eigenvalue weighted by Gasteiger charge is -2.49. The molecule has 1 spiro atoms. The monoisotopic (exact) mass is 380 g/mol. The van der Waals surface area contributed by atoms with Crippen LogP contribution in [-0.4, -0.2) is 58.9 Å². The Hall–Kier alpha value is -2.47. The Balaban J connectivity index is 1.46. The van der Waals surface area contributed by atoms with E-state index in [2.05, 4.69) is 52.2 Å². The highest BCUT2D eigenvalue weighted by Crippen LogP contribution is 2.44. The number of nitrogens with zero attached hydrogens (tertiary/aromatic N) is 3. The van der Waals surface area contributed by atoms with E-state index in [1.165, 1.54) is 11.8 Å². The number of aryl methyl sites for hydroxylation is 1. The summed E-state index contributed by atoms with van der Waals surface area (Å²) < 4.78 is 0. The van der Waals surface area contributed by atoms with Gasteiger partial charge in [0.15, 0.2) is 0 Å². The predicted octanol–water partition coefficient (Wildman–Crippen LogP) is 2.42. The first-order valence-electron chi connectivity index (χ1n) is 10.0. The largest absolute Gasteiger partial charge is 0.338 e. The van der Waals surface area contributed by atoms with Crippen molar-refractivity contribution in [3.63, 3.8) is 0 Å². The molecule has 2 aliphatic heterocycles. The quantitative estimate of drug-likeness (QED) is 0.869. The molecular formula is C22H28N4O2. The lowest BCUT2D eigenvalue weighted by Crippen LogP contribution is -2.52. The minimum atomic E-state index is -0.348. The smallest absolute Gasteiger partial charge is 0.263 e. The molecule has 6 nitrogen and oxygen atoms in total. The summed E-state index contributed by atoms with van der Waals surface area (Å²) in [5.74, 6) is 0.857. The number of nitrogens with one attached hydrogen (secondary N) is 1. The molecule has 4 rings (SSSR count). The van der Waals surface area contributed by atoms with Crippen LogP contribution in [0.25, 0.3) is 0 Å². The van der Waals surface area contributed by atoms with Gasteiger partial charge in [-0.25, -0.2) is 4.98 Å². The summed E-state index contributed by atoms with van der Waals surface area (Å²) in [7, 11) is 2.20. The van der Waals surface area contributed by atoms with Crippen LogP contribution >= 0.6 is 0 Å². The molecule has 148 valence electrons. The number of rotatable bonds is 2. The van der Waals surface area contributed by atoms with E-state index >= 15 is 0 Å². The average Bonchev–Trinajstić information content (AvgIpc) is 2.68. The van der Waals surface area contributed by atoms with Crippen LogP contribution in [0.4, 0.5) is 0 Å². The molecule has 2 fully saturated rings. The molecule has 2 aliphatic rings. The van der Waals surface area contributed by atoms with Gasteiger partial charge >= 0.3 is 0 Å². The molecule has 28 heavy (non-hydrogen) atoms. The lowest BCUT2D eigenvalue weighted by molar-refractivity contribution is 0.0223. The molecule has 6 heteroatoms. The summed E-state index contributed by atoms with van der Waals surface area (Å²) in [4.78, 5) is 35.9. The molecule has 3 heterocycles. The number of likely N-dealkylation sites (tertiary alicyclic amines) is 2. The molecule has 0 unspecified atom stereocenters. The van der Waals surface area contributed by atoms with Crippen molar-refractivity contribution in [2.24, 2.45) is 5.41 Å². The molecule has 0 bridgehead atoms. The third kappa shape index (κ3) is 3.74. The number of aromatic amines is 1. The summed E-state index contributed by atoms with van der Waals surface area (Å²) in [5, 5.41) is 0. The molecule has 0 saturated carbocycles. The first-order chi connectivity index (χ1) is 13.5. The number of hydrogen-bond acceptors (Lipinski definition) is 4. The van der Waals surface area contributed by atoms with Gasteiger partial charge in [0.2, 0.25) is 0 Å². The molecule has 1 aromatic heterocycles. The van der Waals surface area contributed by atoms with Gasteiger partial charge in [-0.1, -0.05) is 30.3 Å². The van der Waals surface area contributed by atoms with Crippen LogP contribution in [0.3, 0.4) is 0 Å². The maximum atomic E-state index is 12.8. The van der Waals surface area contributed by atoms with Gasteiger partial charge in [0.05, 0.1) is 0 Å². The normalized spacial score (nSPS) is 22.4. The fraction of sp³-hybridized carbons (Fsp3) is 0.500. The molecule has 2 saturated heterocycles. The minimum Gasteiger partial charge on any atom is -0.338 e. The number of carbonyl (C=O) groups excluding carboxylic acids is 1. The SMILES string of the molecule is Cc1ncc(C(=O)N2CCC3(CC2)C[C@@H](c2ccccc2)CN(C)C3)c(=O)[nH]1. The van der Waals surface area contributed by atoms with Crippen molar-refractivity contribution in [1.82, 2.24) is 19.8 Å². The van der Waals surface area contributed by atoms with Gasteiger partial charge in [0.1, 0.15) is 11.4 Å². The molecule has 1 amide bonds. The van der Waals surface area contributed by atoms with Crippen molar-refractivity contribution in [2.75, 3.05) is 33.2 Å². The second kappa shape index (κ2) is 7.51. The van der Waals surface area contributed by atoms with Gasteiger partial charge in [0, 0.05) is 32.4 Å². The minimum absolute atomic E-state index is 0.143. The maximum Gasteiger partial charge on any atom is 0.263 e. The van der Waals surface area contributed by atoms with Crippen LogP contribution < -0.4 is 5.56 Å². The van der Waals surface area contributed by atoms with E-state index in [1.54, 1.807) is 6.92 Å². The molecule has 0 aliphatic carbocycles. The van der Waals surface area contributed by atoms with Crippen LogP contribution in [-0.2, 0) is 0 Å². The van der Waals surface area contributed by atoms with Gasteiger partial charge in [-0.15, -0.1) is 0 Å². The zero-order chi connectivity index (χ0) is 19.7. The Morgan fingerprint density at radius 1 is 1.21 bits per heavy atom. The van der Waals surface area contributed by atoms with Crippen LogP contribution in [0.1, 0.15) is 46.9 Å². The number of benzene rings is 1. The molecular weight excluding hydrogens is 352 g/mol. The Morgan fingerprint density at radius 3 is 2.61 bits per heavy atom. The Morgan fingerprint density at radius 2 is 1.93 bits per heavy atom. The summed E-state index contributed by atoms with van der Waals surface area (Å²) in [6, 6.07) is 10.8. The fourth-order valence-corrected chi connectivity index (χ4v) is 4.97. The number of H-pyrrole nitrogens is 1. The summed E-state index contributed by atoms with van der Waals surface area (Å²) >= 11 is 0. The predicted molar refractivity (Wildman–Crippen MR) is 108 cm³/mol. The Labute approximate surface area is 165 Å². The van der Waals surface area contributed by atoms with Gasteiger partial charge in [-0.05, 0) is 50.1 Å². The Kier molecular flexibility index (Phi) is 5.06. The topological polar surface area (TPSA) is 69.3 Å². The molecule has 1 atom stereocenters. The Bertz CT molecular complexity index is 900. The van der Waals surface area contributed by atoms with E-state index in [1.807, 2.05) is 4.90 Å². The highest BCUT2D eigenvalue weighted by Gasteiger charge is 2.42. The van der Waals surface area contributed by atoms with Crippen molar-refractivity contribution in [3.05, 3.63) is 63.8 Å². The van der Waals surface area contributed by atoms with Crippen LogP contribution in [0.15, 0.2) is 41.3 Å². The first-order valence-corrected chi connectivity index (χ1v) is 10.0. The number of carbonyl (C=O) groups is 1. The van der Waals surface area contributed by atoms with Gasteiger partial charge in [-0.3, -0.25) is 9.59 Å². The highest BCUT2D eigenvalue weighted by molar-refractivity contribution is 5.93. The van der Waals surface area contributed by atoms with Gasteiger partial charge in [-0.2, -0.15) is 0 Å². The molecule has 1 aromatic carbocycles. The number of piperidine rings is 2. The van der Waals surface area contributed by atoms with E-state index in [9.17, 15) is 9.59 Å². The zero-order valence-corrected chi connectivity index (χ0v) is 16.6. The molecule has 1 N–H and O–H groups in total. The van der Waals surface area contributed by atoms with Crippen molar-refractivity contribution < 1.29 is 4.79 Å². The van der Waals surface area contributed by atoms with E-state index < -0.39 is 0 Å². The molecule has 2 aromatic rings. The zero-order valence-electron chi connectivity index (χ0n) is 16.6. The summed E-state index contributed by atoms with van der Waals surface area (Å²) in [6.45, 7) is 5.26. The second-order valence-corrected chi connectivity index (χ2v) is 8.51.